The Morgan fingerprint density at radius 2 is 2.00 bits per heavy atom. The van der Waals surface area contributed by atoms with Gasteiger partial charge in [-0.25, -0.2) is 9.07 Å². The number of nitrogens with one attached hydrogen (secondary N) is 1. The molecular formula is C23H24FN3O. The summed E-state index contributed by atoms with van der Waals surface area (Å²) < 4.78 is 15.3. The summed E-state index contributed by atoms with van der Waals surface area (Å²) >= 11 is 0. The maximum Gasteiger partial charge on any atom is 0.125 e. The van der Waals surface area contributed by atoms with Gasteiger partial charge in [0.05, 0.1) is 18.5 Å². The minimum absolute atomic E-state index is 0.0854. The largest absolute Gasteiger partial charge is 0.395 e. The Morgan fingerprint density at radius 3 is 2.71 bits per heavy atom. The van der Waals surface area contributed by atoms with Crippen molar-refractivity contribution in [3.8, 4) is 17.5 Å². The lowest BCUT2D eigenvalue weighted by atomic mass is 10.1. The SMILES string of the molecule is Cc1c([C@@H](C)NCc2ccc(C#CCCO)cc2)cnn1-c1cccc(F)c1. The van der Waals surface area contributed by atoms with Gasteiger partial charge < -0.3 is 10.4 Å². The molecule has 0 bridgehead atoms. The molecule has 1 aromatic heterocycles. The average molecular weight is 377 g/mol. The highest BCUT2D eigenvalue weighted by Crippen LogP contribution is 2.21. The third-order valence-electron chi connectivity index (χ3n) is 4.60. The summed E-state index contributed by atoms with van der Waals surface area (Å²) in [6.07, 6.45) is 2.32. The second-order valence-electron chi connectivity index (χ2n) is 6.65. The van der Waals surface area contributed by atoms with E-state index < -0.39 is 0 Å². The van der Waals surface area contributed by atoms with Gasteiger partial charge in [-0.2, -0.15) is 5.10 Å². The fourth-order valence-corrected chi connectivity index (χ4v) is 3.02. The summed E-state index contributed by atoms with van der Waals surface area (Å²) in [6, 6.07) is 14.6. The summed E-state index contributed by atoms with van der Waals surface area (Å²) in [4.78, 5) is 0. The van der Waals surface area contributed by atoms with Crippen LogP contribution in [0.2, 0.25) is 0 Å². The highest BCUT2D eigenvalue weighted by atomic mass is 19.1. The Balaban J connectivity index is 1.64. The van der Waals surface area contributed by atoms with E-state index in [4.69, 9.17) is 5.11 Å². The van der Waals surface area contributed by atoms with Crippen molar-refractivity contribution >= 4 is 0 Å². The van der Waals surface area contributed by atoms with E-state index in [0.29, 0.717) is 12.1 Å². The Labute approximate surface area is 165 Å². The van der Waals surface area contributed by atoms with E-state index in [2.05, 4.69) is 29.2 Å². The van der Waals surface area contributed by atoms with Crippen molar-refractivity contribution in [2.75, 3.05) is 6.61 Å². The first-order valence-electron chi connectivity index (χ1n) is 9.31. The molecule has 2 aromatic carbocycles. The van der Waals surface area contributed by atoms with Crippen molar-refractivity contribution in [3.63, 3.8) is 0 Å². The Hall–Kier alpha value is -2.94. The van der Waals surface area contributed by atoms with Gasteiger partial charge in [-0.1, -0.05) is 30.0 Å². The third-order valence-corrected chi connectivity index (χ3v) is 4.60. The number of aliphatic hydroxyl groups is 1. The molecule has 4 nitrogen and oxygen atoms in total. The van der Waals surface area contributed by atoms with Crippen molar-refractivity contribution < 1.29 is 9.50 Å². The molecule has 0 amide bonds. The molecule has 28 heavy (non-hydrogen) atoms. The summed E-state index contributed by atoms with van der Waals surface area (Å²) in [7, 11) is 0. The zero-order chi connectivity index (χ0) is 19.9. The number of halogens is 1. The van der Waals surface area contributed by atoms with Gasteiger partial charge in [0.2, 0.25) is 0 Å². The van der Waals surface area contributed by atoms with Crippen LogP contribution in [0.15, 0.2) is 54.7 Å². The molecule has 0 saturated carbocycles. The van der Waals surface area contributed by atoms with Gasteiger partial charge in [-0.15, -0.1) is 0 Å². The van der Waals surface area contributed by atoms with Gasteiger partial charge in [-0.3, -0.25) is 0 Å². The molecule has 144 valence electrons. The molecule has 0 aliphatic rings. The maximum absolute atomic E-state index is 13.5. The molecule has 0 saturated heterocycles. The number of hydrogen-bond acceptors (Lipinski definition) is 3. The first-order valence-corrected chi connectivity index (χ1v) is 9.31. The quantitative estimate of drug-likeness (QED) is 0.641. The molecule has 2 N–H and O–H groups in total. The predicted octanol–water partition coefficient (Wildman–Crippen LogP) is 3.90. The van der Waals surface area contributed by atoms with Crippen molar-refractivity contribution in [3.05, 3.63) is 82.9 Å². The molecular weight excluding hydrogens is 353 g/mol. The smallest absolute Gasteiger partial charge is 0.125 e. The first-order chi connectivity index (χ1) is 13.6. The van der Waals surface area contributed by atoms with Crippen LogP contribution in [-0.2, 0) is 6.54 Å². The summed E-state index contributed by atoms with van der Waals surface area (Å²) in [5, 5.41) is 16.7. The molecule has 3 aromatic rings. The van der Waals surface area contributed by atoms with Gasteiger partial charge in [0.1, 0.15) is 5.82 Å². The van der Waals surface area contributed by atoms with Crippen molar-refractivity contribution in [2.24, 2.45) is 0 Å². The van der Waals surface area contributed by atoms with Crippen molar-refractivity contribution in [1.29, 1.82) is 0 Å². The first kappa shape index (κ1) is 19.8. The number of hydrogen-bond donors (Lipinski definition) is 2. The van der Waals surface area contributed by atoms with Crippen LogP contribution in [0.25, 0.3) is 5.69 Å². The van der Waals surface area contributed by atoms with E-state index in [1.807, 2.05) is 43.5 Å². The zero-order valence-corrected chi connectivity index (χ0v) is 16.1. The maximum atomic E-state index is 13.5. The van der Waals surface area contributed by atoms with Crippen LogP contribution < -0.4 is 5.32 Å². The van der Waals surface area contributed by atoms with Crippen LogP contribution in [-0.4, -0.2) is 21.5 Å². The molecule has 5 heteroatoms. The molecule has 0 unspecified atom stereocenters. The zero-order valence-electron chi connectivity index (χ0n) is 16.1. The molecule has 0 radical (unpaired) electrons. The highest BCUT2D eigenvalue weighted by molar-refractivity contribution is 5.37. The van der Waals surface area contributed by atoms with Crippen LogP contribution in [0, 0.1) is 24.6 Å². The van der Waals surface area contributed by atoms with E-state index in [9.17, 15) is 4.39 Å². The van der Waals surface area contributed by atoms with E-state index in [1.165, 1.54) is 12.1 Å². The van der Waals surface area contributed by atoms with Gasteiger partial charge in [0.15, 0.2) is 0 Å². The van der Waals surface area contributed by atoms with E-state index in [0.717, 1.165) is 28.9 Å². The summed E-state index contributed by atoms with van der Waals surface area (Å²) in [5.74, 6) is 5.67. The highest BCUT2D eigenvalue weighted by Gasteiger charge is 2.14. The number of aromatic nitrogens is 2. The molecule has 1 heterocycles. The van der Waals surface area contributed by atoms with Crippen molar-refractivity contribution in [2.45, 2.75) is 32.9 Å². The monoisotopic (exact) mass is 377 g/mol. The van der Waals surface area contributed by atoms with E-state index in [-0.39, 0.29) is 18.5 Å². The number of rotatable bonds is 6. The van der Waals surface area contributed by atoms with Gasteiger partial charge in [0.25, 0.3) is 0 Å². The molecule has 0 aliphatic carbocycles. The number of nitrogens with zero attached hydrogens (tertiary/aromatic N) is 2. The van der Waals surface area contributed by atoms with Crippen LogP contribution in [0.3, 0.4) is 0 Å². The van der Waals surface area contributed by atoms with E-state index in [1.54, 1.807) is 10.7 Å². The summed E-state index contributed by atoms with van der Waals surface area (Å²) in [5.41, 5.74) is 4.89. The minimum atomic E-state index is -0.273. The van der Waals surface area contributed by atoms with Crippen LogP contribution in [0.5, 0.6) is 0 Å². The molecule has 3 rings (SSSR count). The Bertz CT molecular complexity index is 983. The summed E-state index contributed by atoms with van der Waals surface area (Å²) in [6.45, 7) is 4.89. The minimum Gasteiger partial charge on any atom is -0.395 e. The lowest BCUT2D eigenvalue weighted by Gasteiger charge is -2.14. The fraction of sp³-hybridized carbons (Fsp3) is 0.261. The number of aliphatic hydroxyl groups excluding tert-OH is 1. The molecule has 0 spiro atoms. The fourth-order valence-electron chi connectivity index (χ4n) is 3.02. The number of benzene rings is 2. The van der Waals surface area contributed by atoms with Crippen LogP contribution in [0.4, 0.5) is 4.39 Å². The molecule has 0 fully saturated rings. The second-order valence-corrected chi connectivity index (χ2v) is 6.65. The van der Waals surface area contributed by atoms with Gasteiger partial charge >= 0.3 is 0 Å². The lowest BCUT2D eigenvalue weighted by Crippen LogP contribution is -2.18. The van der Waals surface area contributed by atoms with Gasteiger partial charge in [0, 0.05) is 35.8 Å². The standard InChI is InChI=1S/C23H24FN3O/c1-17(25-15-20-11-9-19(10-12-20)6-3-4-13-28)23-16-26-27(18(23)2)22-8-5-7-21(24)14-22/h5,7-12,14,16-17,25,28H,4,13,15H2,1-2H3/t17-/m1/s1. The predicted molar refractivity (Wildman–Crippen MR) is 109 cm³/mol. The normalized spacial score (nSPS) is 11.7. The van der Waals surface area contributed by atoms with Crippen molar-refractivity contribution in [1.82, 2.24) is 15.1 Å². The third kappa shape index (κ3) is 4.86. The Kier molecular flexibility index (Phi) is 6.59. The van der Waals surface area contributed by atoms with Gasteiger partial charge in [-0.05, 0) is 49.7 Å². The average Bonchev–Trinajstić information content (AvgIpc) is 3.09. The molecule has 1 atom stereocenters. The lowest BCUT2D eigenvalue weighted by molar-refractivity contribution is 0.305. The Morgan fingerprint density at radius 1 is 1.21 bits per heavy atom. The topological polar surface area (TPSA) is 50.1 Å². The molecule has 0 aliphatic heterocycles. The van der Waals surface area contributed by atoms with E-state index >= 15 is 0 Å². The van der Waals surface area contributed by atoms with Crippen LogP contribution >= 0.6 is 0 Å². The van der Waals surface area contributed by atoms with Crippen LogP contribution in [0.1, 0.15) is 41.8 Å². The second kappa shape index (κ2) is 9.32.